The SMILES string of the molecule is CCc1c(F)ccc2cc(OCOC)cc(N3Cc4nc(OCc5cn(C6CCN(C(=O)OC(C)(C)C)CC6)nn5)nc(N5CCCOCC5)c4C3=O)c12. The Hall–Kier alpha value is -5.09. The number of anilines is 2. The summed E-state index contributed by atoms with van der Waals surface area (Å²) >= 11 is 0. The molecule has 2 aromatic heterocycles. The molecule has 3 aliphatic rings. The van der Waals surface area contributed by atoms with Crippen LogP contribution < -0.4 is 19.3 Å². The van der Waals surface area contributed by atoms with E-state index in [4.69, 9.17) is 33.7 Å². The first-order valence-electron chi connectivity index (χ1n) is 18.5. The van der Waals surface area contributed by atoms with Gasteiger partial charge in [-0.05, 0) is 69.5 Å². The maximum absolute atomic E-state index is 15.2. The number of benzene rings is 2. The Morgan fingerprint density at radius 3 is 2.63 bits per heavy atom. The highest BCUT2D eigenvalue weighted by molar-refractivity contribution is 6.16. The Morgan fingerprint density at radius 2 is 1.87 bits per heavy atom. The number of carbonyl (C=O) groups excluding carboxylic acids is 2. The Morgan fingerprint density at radius 1 is 1.06 bits per heavy atom. The van der Waals surface area contributed by atoms with Gasteiger partial charge in [-0.15, -0.1) is 5.10 Å². The highest BCUT2D eigenvalue weighted by atomic mass is 19.1. The van der Waals surface area contributed by atoms with Crippen LogP contribution in [-0.4, -0.2) is 101 Å². The minimum Gasteiger partial charge on any atom is -0.467 e. The van der Waals surface area contributed by atoms with Crippen molar-refractivity contribution in [3.63, 3.8) is 0 Å². The number of amides is 2. The van der Waals surface area contributed by atoms with Gasteiger partial charge in [0, 0.05) is 51.3 Å². The quantitative estimate of drug-likeness (QED) is 0.190. The first-order valence-corrected chi connectivity index (χ1v) is 18.5. The second-order valence-corrected chi connectivity index (χ2v) is 14.6. The van der Waals surface area contributed by atoms with E-state index in [-0.39, 0.29) is 49.8 Å². The van der Waals surface area contributed by atoms with Crippen molar-refractivity contribution in [3.8, 4) is 11.8 Å². The molecule has 0 unspecified atom stereocenters. The van der Waals surface area contributed by atoms with E-state index in [0.717, 1.165) is 11.8 Å². The third kappa shape index (κ3) is 7.89. The number of aryl methyl sites for hydroxylation is 1. The molecule has 2 fully saturated rings. The van der Waals surface area contributed by atoms with E-state index in [1.165, 1.54) is 13.2 Å². The third-order valence-corrected chi connectivity index (χ3v) is 9.74. The summed E-state index contributed by atoms with van der Waals surface area (Å²) in [7, 11) is 1.53. The van der Waals surface area contributed by atoms with E-state index >= 15 is 4.39 Å². The summed E-state index contributed by atoms with van der Waals surface area (Å²) in [6, 6.07) is 6.88. The van der Waals surface area contributed by atoms with Crippen LogP contribution in [0.5, 0.6) is 11.8 Å². The zero-order valence-corrected chi connectivity index (χ0v) is 31.5. The molecule has 0 aliphatic carbocycles. The van der Waals surface area contributed by atoms with Gasteiger partial charge in [0.1, 0.15) is 40.8 Å². The standard InChI is InChI=1S/C38H47FN8O7/c1-6-28-29(39)9-8-24-18-27(53-23-50-5)19-31(32(24)28)46-21-30-33(35(46)48)34(44-12-7-16-51-17-15-44)41-36(40-30)52-22-25-20-47(43-42-25)26-10-13-45(14-11-26)37(49)54-38(2,3)4/h8-9,18-20,26H,6-7,10-17,21-23H2,1-5H3. The molecule has 54 heavy (non-hydrogen) atoms. The zero-order valence-electron chi connectivity index (χ0n) is 31.5. The highest BCUT2D eigenvalue weighted by Gasteiger charge is 2.38. The van der Waals surface area contributed by atoms with Gasteiger partial charge in [-0.25, -0.2) is 13.9 Å². The Balaban J connectivity index is 1.14. The lowest BCUT2D eigenvalue weighted by atomic mass is 9.99. The fraction of sp³-hybridized carbons (Fsp3) is 0.526. The average Bonchev–Trinajstić information content (AvgIpc) is 3.65. The number of ether oxygens (including phenoxy) is 5. The fourth-order valence-corrected chi connectivity index (χ4v) is 7.18. The number of rotatable bonds is 10. The largest absolute Gasteiger partial charge is 0.467 e. The number of fused-ring (bicyclic) bond motifs is 2. The molecule has 16 heteroatoms. The molecular weight excluding hydrogens is 699 g/mol. The second kappa shape index (κ2) is 15.7. The average molecular weight is 747 g/mol. The first-order chi connectivity index (χ1) is 26.0. The molecule has 3 aliphatic heterocycles. The molecule has 2 amide bonds. The molecule has 288 valence electrons. The molecule has 0 radical (unpaired) electrons. The summed E-state index contributed by atoms with van der Waals surface area (Å²) < 4.78 is 45.4. The van der Waals surface area contributed by atoms with E-state index < -0.39 is 5.60 Å². The van der Waals surface area contributed by atoms with Crippen molar-refractivity contribution < 1.29 is 37.7 Å². The molecule has 0 spiro atoms. The van der Waals surface area contributed by atoms with E-state index in [1.807, 2.05) is 49.5 Å². The van der Waals surface area contributed by atoms with Gasteiger partial charge in [-0.2, -0.15) is 9.97 Å². The van der Waals surface area contributed by atoms with Crippen molar-refractivity contribution >= 4 is 34.3 Å². The molecular formula is C38H47FN8O7. The molecule has 0 atom stereocenters. The summed E-state index contributed by atoms with van der Waals surface area (Å²) in [6.45, 7) is 11.0. The van der Waals surface area contributed by atoms with Gasteiger partial charge in [-0.3, -0.25) is 4.79 Å². The molecule has 15 nitrogen and oxygen atoms in total. The van der Waals surface area contributed by atoms with E-state index in [1.54, 1.807) is 21.9 Å². The molecule has 2 aromatic carbocycles. The number of carbonyl (C=O) groups is 2. The number of aromatic nitrogens is 5. The van der Waals surface area contributed by atoms with Crippen LogP contribution in [0.3, 0.4) is 0 Å². The maximum Gasteiger partial charge on any atom is 0.410 e. The minimum absolute atomic E-state index is 0.00935. The Labute approximate surface area is 313 Å². The van der Waals surface area contributed by atoms with Crippen molar-refractivity contribution in [3.05, 3.63) is 58.8 Å². The van der Waals surface area contributed by atoms with Gasteiger partial charge < -0.3 is 38.4 Å². The molecule has 5 heterocycles. The van der Waals surface area contributed by atoms with Crippen LogP contribution in [0.2, 0.25) is 0 Å². The Bertz CT molecular complexity index is 2000. The normalized spacial score (nSPS) is 16.9. The third-order valence-electron chi connectivity index (χ3n) is 9.74. The highest BCUT2D eigenvalue weighted by Crippen LogP contribution is 2.41. The van der Waals surface area contributed by atoms with Crippen molar-refractivity contribution in [1.29, 1.82) is 0 Å². The van der Waals surface area contributed by atoms with Gasteiger partial charge in [0.2, 0.25) is 0 Å². The number of hydrogen-bond donors (Lipinski definition) is 0. The van der Waals surface area contributed by atoms with Crippen molar-refractivity contribution in [2.75, 3.05) is 63.1 Å². The summed E-state index contributed by atoms with van der Waals surface area (Å²) in [6.07, 6.45) is 4.15. The fourth-order valence-electron chi connectivity index (χ4n) is 7.18. The monoisotopic (exact) mass is 746 g/mol. The Kier molecular flexibility index (Phi) is 10.8. The number of halogens is 1. The number of likely N-dealkylation sites (tertiary alicyclic amines) is 1. The van der Waals surface area contributed by atoms with Crippen molar-refractivity contribution in [1.82, 2.24) is 29.9 Å². The summed E-state index contributed by atoms with van der Waals surface area (Å²) in [5, 5.41) is 10.1. The van der Waals surface area contributed by atoms with Crippen LogP contribution in [0.25, 0.3) is 10.8 Å². The van der Waals surface area contributed by atoms with Crippen LogP contribution in [0.15, 0.2) is 30.5 Å². The van der Waals surface area contributed by atoms with Gasteiger partial charge in [0.15, 0.2) is 6.79 Å². The van der Waals surface area contributed by atoms with Crippen LogP contribution in [0.1, 0.15) is 80.3 Å². The predicted octanol–water partition coefficient (Wildman–Crippen LogP) is 5.44. The van der Waals surface area contributed by atoms with Crippen LogP contribution in [0.4, 0.5) is 20.7 Å². The maximum atomic E-state index is 15.2. The molecule has 0 saturated carbocycles. The molecule has 0 bridgehead atoms. The lowest BCUT2D eigenvalue weighted by Gasteiger charge is -2.33. The smallest absolute Gasteiger partial charge is 0.410 e. The van der Waals surface area contributed by atoms with Crippen LogP contribution in [-0.2, 0) is 33.8 Å². The van der Waals surface area contributed by atoms with E-state index in [2.05, 4.69) is 10.3 Å². The van der Waals surface area contributed by atoms with Crippen LogP contribution >= 0.6 is 0 Å². The number of hydrogen-bond acceptors (Lipinski definition) is 12. The molecule has 7 rings (SSSR count). The van der Waals surface area contributed by atoms with Gasteiger partial charge >= 0.3 is 12.1 Å². The topological polar surface area (TPSA) is 146 Å². The summed E-state index contributed by atoms with van der Waals surface area (Å²) in [4.78, 5) is 42.0. The second-order valence-electron chi connectivity index (χ2n) is 14.6. The van der Waals surface area contributed by atoms with Crippen molar-refractivity contribution in [2.24, 2.45) is 0 Å². The summed E-state index contributed by atoms with van der Waals surface area (Å²) in [5.74, 6) is 0.309. The minimum atomic E-state index is -0.547. The van der Waals surface area contributed by atoms with E-state index in [9.17, 15) is 9.59 Å². The van der Waals surface area contributed by atoms with E-state index in [0.29, 0.717) is 104 Å². The molecule has 2 saturated heterocycles. The lowest BCUT2D eigenvalue weighted by Crippen LogP contribution is -2.42. The summed E-state index contributed by atoms with van der Waals surface area (Å²) in [5.41, 5.74) is 1.93. The number of piperidine rings is 1. The number of methoxy groups -OCH3 is 1. The van der Waals surface area contributed by atoms with Gasteiger partial charge in [0.25, 0.3) is 5.91 Å². The van der Waals surface area contributed by atoms with Gasteiger partial charge in [-0.1, -0.05) is 18.2 Å². The van der Waals surface area contributed by atoms with Crippen molar-refractivity contribution in [2.45, 2.75) is 78.2 Å². The lowest BCUT2D eigenvalue weighted by molar-refractivity contribution is 0.0184. The van der Waals surface area contributed by atoms with Gasteiger partial charge in [0.05, 0.1) is 36.8 Å². The molecule has 0 N–H and O–H groups in total. The number of nitrogens with zero attached hydrogens (tertiary/aromatic N) is 8. The first kappa shape index (κ1) is 37.2. The molecule has 4 aromatic rings. The van der Waals surface area contributed by atoms with Crippen LogP contribution in [0, 0.1) is 5.82 Å². The zero-order chi connectivity index (χ0) is 38.0. The predicted molar refractivity (Wildman–Crippen MR) is 196 cm³/mol.